The fourth-order valence-electron chi connectivity index (χ4n) is 1.77. The first-order valence-corrected chi connectivity index (χ1v) is 6.80. The molecule has 0 spiro atoms. The molecule has 0 radical (unpaired) electrons. The van der Waals surface area contributed by atoms with Crippen LogP contribution in [-0.4, -0.2) is 11.0 Å². The van der Waals surface area contributed by atoms with E-state index < -0.39 is 0 Å². The quantitative estimate of drug-likeness (QED) is 0.930. The van der Waals surface area contributed by atoms with Gasteiger partial charge in [0.2, 0.25) is 0 Å². The van der Waals surface area contributed by atoms with Crippen LogP contribution in [0.5, 0.6) is 0 Å². The van der Waals surface area contributed by atoms with Crippen molar-refractivity contribution in [2.75, 3.05) is 0 Å². The summed E-state index contributed by atoms with van der Waals surface area (Å²) in [5, 5.41) is 3.36. The zero-order chi connectivity index (χ0) is 13.1. The molecule has 3 nitrogen and oxygen atoms in total. The maximum atomic E-state index is 5.55. The van der Waals surface area contributed by atoms with Gasteiger partial charge in [-0.25, -0.2) is 4.98 Å². The highest BCUT2D eigenvalue weighted by atomic mass is 79.9. The first kappa shape index (κ1) is 13.3. The molecule has 96 valence electrons. The number of oxazole rings is 1. The predicted octanol–water partition coefficient (Wildman–Crippen LogP) is 3.91. The van der Waals surface area contributed by atoms with E-state index in [1.165, 1.54) is 12.0 Å². The van der Waals surface area contributed by atoms with Crippen LogP contribution >= 0.6 is 15.9 Å². The summed E-state index contributed by atoms with van der Waals surface area (Å²) in [6.07, 6.45) is 1.51. The Kier molecular flexibility index (Phi) is 4.19. The van der Waals surface area contributed by atoms with Gasteiger partial charge < -0.3 is 9.73 Å². The van der Waals surface area contributed by atoms with Crippen molar-refractivity contribution in [3.63, 3.8) is 0 Å². The number of rotatable bonds is 4. The van der Waals surface area contributed by atoms with Crippen molar-refractivity contribution in [1.82, 2.24) is 10.3 Å². The molecule has 0 atom stereocenters. The minimum atomic E-state index is 0.429. The van der Waals surface area contributed by atoms with Crippen LogP contribution in [0.3, 0.4) is 0 Å². The maximum Gasteiger partial charge on any atom is 0.181 e. The fourth-order valence-corrected chi connectivity index (χ4v) is 2.13. The number of hydrogen-bond acceptors (Lipinski definition) is 3. The van der Waals surface area contributed by atoms with E-state index in [1.54, 1.807) is 0 Å². The van der Waals surface area contributed by atoms with E-state index in [0.29, 0.717) is 6.04 Å². The molecule has 0 saturated carbocycles. The van der Waals surface area contributed by atoms with Crippen molar-refractivity contribution in [3.05, 3.63) is 40.3 Å². The van der Waals surface area contributed by atoms with E-state index in [1.807, 2.05) is 12.1 Å². The summed E-state index contributed by atoms with van der Waals surface area (Å²) in [5.74, 6) is 0.849. The molecular formula is C14H17BrN2O. The second-order valence-corrected chi connectivity index (χ2v) is 5.43. The van der Waals surface area contributed by atoms with Gasteiger partial charge in [-0.3, -0.25) is 0 Å². The van der Waals surface area contributed by atoms with Crippen molar-refractivity contribution in [2.45, 2.75) is 33.4 Å². The standard InChI is InChI=1S/C14H17BrN2O/c1-9(2)16-7-13-14(18-8-17-13)11-5-4-6-12(15)10(11)3/h4-6,8-9,16H,7H2,1-3H3. The zero-order valence-corrected chi connectivity index (χ0v) is 12.4. The molecule has 0 aliphatic rings. The van der Waals surface area contributed by atoms with Gasteiger partial charge in [-0.05, 0) is 18.6 Å². The highest BCUT2D eigenvalue weighted by molar-refractivity contribution is 9.10. The van der Waals surface area contributed by atoms with Gasteiger partial charge in [0, 0.05) is 22.6 Å². The summed E-state index contributed by atoms with van der Waals surface area (Å²) >= 11 is 3.54. The molecule has 1 N–H and O–H groups in total. The molecule has 0 fully saturated rings. The number of halogens is 1. The Morgan fingerprint density at radius 2 is 2.17 bits per heavy atom. The van der Waals surface area contributed by atoms with Gasteiger partial charge in [0.25, 0.3) is 0 Å². The molecule has 4 heteroatoms. The summed E-state index contributed by atoms with van der Waals surface area (Å²) in [5.41, 5.74) is 3.20. The molecule has 0 amide bonds. The largest absolute Gasteiger partial charge is 0.443 e. The van der Waals surface area contributed by atoms with Crippen LogP contribution in [0.25, 0.3) is 11.3 Å². The molecule has 0 aliphatic carbocycles. The third-order valence-electron chi connectivity index (χ3n) is 2.83. The zero-order valence-electron chi connectivity index (χ0n) is 10.8. The van der Waals surface area contributed by atoms with Crippen LogP contribution in [0.2, 0.25) is 0 Å². The molecule has 1 heterocycles. The van der Waals surface area contributed by atoms with Crippen molar-refractivity contribution >= 4 is 15.9 Å². The average Bonchev–Trinajstić information content (AvgIpc) is 2.78. The Bertz CT molecular complexity index is 534. The number of hydrogen-bond donors (Lipinski definition) is 1. The molecule has 18 heavy (non-hydrogen) atoms. The van der Waals surface area contributed by atoms with E-state index in [4.69, 9.17) is 4.42 Å². The van der Waals surface area contributed by atoms with E-state index in [0.717, 1.165) is 28.0 Å². The maximum absolute atomic E-state index is 5.55. The third-order valence-corrected chi connectivity index (χ3v) is 3.69. The Morgan fingerprint density at radius 3 is 2.89 bits per heavy atom. The summed E-state index contributed by atoms with van der Waals surface area (Å²) in [4.78, 5) is 4.29. The predicted molar refractivity (Wildman–Crippen MR) is 76.4 cm³/mol. The first-order chi connectivity index (χ1) is 8.59. The van der Waals surface area contributed by atoms with Gasteiger partial charge in [0.1, 0.15) is 5.69 Å². The van der Waals surface area contributed by atoms with Crippen molar-refractivity contribution in [3.8, 4) is 11.3 Å². The van der Waals surface area contributed by atoms with Crippen LogP contribution in [0.15, 0.2) is 33.5 Å². The number of nitrogens with one attached hydrogen (secondary N) is 1. The van der Waals surface area contributed by atoms with Gasteiger partial charge in [0.05, 0.1) is 0 Å². The molecule has 2 aromatic rings. The molecule has 0 saturated heterocycles. The third kappa shape index (κ3) is 2.82. The molecule has 1 aromatic heterocycles. The van der Waals surface area contributed by atoms with E-state index in [-0.39, 0.29) is 0 Å². The molecule has 0 bridgehead atoms. The Hall–Kier alpha value is -1.13. The average molecular weight is 309 g/mol. The number of aromatic nitrogens is 1. The van der Waals surface area contributed by atoms with Crippen molar-refractivity contribution in [1.29, 1.82) is 0 Å². The lowest BCUT2D eigenvalue weighted by Crippen LogP contribution is -2.22. The molecular weight excluding hydrogens is 292 g/mol. The highest BCUT2D eigenvalue weighted by Crippen LogP contribution is 2.30. The number of nitrogens with zero attached hydrogens (tertiary/aromatic N) is 1. The van der Waals surface area contributed by atoms with Crippen molar-refractivity contribution in [2.24, 2.45) is 0 Å². The lowest BCUT2D eigenvalue weighted by atomic mass is 10.1. The van der Waals surface area contributed by atoms with Gasteiger partial charge in [-0.2, -0.15) is 0 Å². The Morgan fingerprint density at radius 1 is 1.39 bits per heavy atom. The Labute approximate surface area is 116 Å². The van der Waals surface area contributed by atoms with Crippen LogP contribution < -0.4 is 5.32 Å². The van der Waals surface area contributed by atoms with Crippen LogP contribution in [0, 0.1) is 6.92 Å². The lowest BCUT2D eigenvalue weighted by Gasteiger charge is -2.09. The van der Waals surface area contributed by atoms with Gasteiger partial charge in [0.15, 0.2) is 12.2 Å². The summed E-state index contributed by atoms with van der Waals surface area (Å²) in [6.45, 7) is 7.02. The second kappa shape index (κ2) is 5.67. The smallest absolute Gasteiger partial charge is 0.181 e. The van der Waals surface area contributed by atoms with E-state index >= 15 is 0 Å². The van der Waals surface area contributed by atoms with E-state index in [9.17, 15) is 0 Å². The lowest BCUT2D eigenvalue weighted by molar-refractivity contribution is 0.562. The molecule has 1 aromatic carbocycles. The molecule has 2 rings (SSSR count). The summed E-state index contributed by atoms with van der Waals surface area (Å²) in [7, 11) is 0. The minimum absolute atomic E-state index is 0.429. The van der Waals surface area contributed by atoms with Gasteiger partial charge in [-0.1, -0.05) is 41.9 Å². The second-order valence-electron chi connectivity index (χ2n) is 4.58. The molecule has 0 aliphatic heterocycles. The summed E-state index contributed by atoms with van der Waals surface area (Å²) in [6, 6.07) is 6.52. The number of benzene rings is 1. The Balaban J connectivity index is 2.33. The highest BCUT2D eigenvalue weighted by Gasteiger charge is 2.14. The monoisotopic (exact) mass is 308 g/mol. The van der Waals surface area contributed by atoms with Gasteiger partial charge in [-0.15, -0.1) is 0 Å². The van der Waals surface area contributed by atoms with Crippen LogP contribution in [-0.2, 0) is 6.54 Å². The molecule has 0 unspecified atom stereocenters. The van der Waals surface area contributed by atoms with Gasteiger partial charge >= 0.3 is 0 Å². The van der Waals surface area contributed by atoms with Crippen LogP contribution in [0.4, 0.5) is 0 Å². The fraction of sp³-hybridized carbons (Fsp3) is 0.357. The van der Waals surface area contributed by atoms with E-state index in [2.05, 4.69) is 53.1 Å². The normalized spacial score (nSPS) is 11.2. The summed E-state index contributed by atoms with van der Waals surface area (Å²) < 4.78 is 6.63. The SMILES string of the molecule is Cc1c(Br)cccc1-c1ocnc1CNC(C)C. The topological polar surface area (TPSA) is 38.1 Å². The van der Waals surface area contributed by atoms with Crippen molar-refractivity contribution < 1.29 is 4.42 Å². The minimum Gasteiger partial charge on any atom is -0.443 e. The van der Waals surface area contributed by atoms with Crippen LogP contribution in [0.1, 0.15) is 25.1 Å². The first-order valence-electron chi connectivity index (χ1n) is 6.01.